The predicted octanol–water partition coefficient (Wildman–Crippen LogP) is 3.95. The van der Waals surface area contributed by atoms with E-state index in [1.54, 1.807) is 19.2 Å². The Morgan fingerprint density at radius 1 is 1.17 bits per heavy atom. The van der Waals surface area contributed by atoms with Crippen LogP contribution in [0.15, 0.2) is 65.8 Å². The van der Waals surface area contributed by atoms with Gasteiger partial charge < -0.3 is 15.0 Å². The summed E-state index contributed by atoms with van der Waals surface area (Å²) in [5, 5.41) is 4.64. The molecule has 0 radical (unpaired) electrons. The molecule has 1 aromatic heterocycles. The van der Waals surface area contributed by atoms with E-state index in [0.717, 1.165) is 41.9 Å². The molecule has 30 heavy (non-hydrogen) atoms. The lowest BCUT2D eigenvalue weighted by molar-refractivity contribution is -0.0604. The van der Waals surface area contributed by atoms with Gasteiger partial charge in [-0.3, -0.25) is 9.98 Å². The molecule has 1 aliphatic heterocycles. The molecule has 0 aliphatic carbocycles. The van der Waals surface area contributed by atoms with Crippen molar-refractivity contribution in [3.8, 4) is 0 Å². The highest BCUT2D eigenvalue weighted by atomic mass is 19.1. The van der Waals surface area contributed by atoms with Crippen LogP contribution in [-0.2, 0) is 11.2 Å². The maximum absolute atomic E-state index is 13.3. The topological polar surface area (TPSA) is 49.8 Å². The fraction of sp³-hybridized carbons (Fsp3) is 0.333. The minimum Gasteiger partial charge on any atom is -0.367 e. The van der Waals surface area contributed by atoms with Gasteiger partial charge in [-0.25, -0.2) is 4.39 Å². The first-order chi connectivity index (χ1) is 14.6. The van der Waals surface area contributed by atoms with Crippen molar-refractivity contribution < 1.29 is 9.13 Å². The molecule has 0 bridgehead atoms. The minimum atomic E-state index is -0.236. The number of guanidine groups is 1. The molecule has 1 aliphatic rings. The Morgan fingerprint density at radius 3 is 2.77 bits per heavy atom. The van der Waals surface area contributed by atoms with E-state index in [2.05, 4.69) is 51.4 Å². The Bertz CT molecular complexity index is 1020. The number of nitrogens with one attached hydrogen (secondary N) is 1. The largest absolute Gasteiger partial charge is 0.367 e. The van der Waals surface area contributed by atoms with Gasteiger partial charge in [0.05, 0.1) is 18.2 Å². The van der Waals surface area contributed by atoms with Gasteiger partial charge in [-0.15, -0.1) is 0 Å². The lowest BCUT2D eigenvalue weighted by Gasteiger charge is -2.38. The van der Waals surface area contributed by atoms with Gasteiger partial charge in [-0.05, 0) is 42.7 Å². The fourth-order valence-electron chi connectivity index (χ4n) is 4.00. The van der Waals surface area contributed by atoms with E-state index in [-0.39, 0.29) is 18.0 Å². The Hall–Kier alpha value is -2.99. The molecule has 5 nitrogen and oxygen atoms in total. The normalized spacial score (nSPS) is 19.8. The van der Waals surface area contributed by atoms with E-state index in [0.29, 0.717) is 6.54 Å². The molecule has 1 fully saturated rings. The van der Waals surface area contributed by atoms with E-state index in [4.69, 9.17) is 4.74 Å². The van der Waals surface area contributed by atoms with E-state index >= 15 is 0 Å². The minimum absolute atomic E-state index is 0.0506. The van der Waals surface area contributed by atoms with Crippen LogP contribution in [0.5, 0.6) is 0 Å². The van der Waals surface area contributed by atoms with Crippen LogP contribution in [0.25, 0.3) is 10.9 Å². The first-order valence-corrected chi connectivity index (χ1v) is 10.3. The summed E-state index contributed by atoms with van der Waals surface area (Å²) in [6, 6.07) is 16.9. The van der Waals surface area contributed by atoms with Gasteiger partial charge in [0.2, 0.25) is 0 Å². The highest BCUT2D eigenvalue weighted by Gasteiger charge is 2.28. The Balaban J connectivity index is 1.41. The molecule has 0 saturated carbocycles. The number of benzene rings is 2. The number of fused-ring (bicyclic) bond motifs is 1. The van der Waals surface area contributed by atoms with Gasteiger partial charge in [0.1, 0.15) is 11.9 Å². The molecule has 4 rings (SSSR count). The van der Waals surface area contributed by atoms with Crippen molar-refractivity contribution in [2.24, 2.45) is 4.99 Å². The first kappa shape index (κ1) is 20.3. The van der Waals surface area contributed by atoms with Crippen LogP contribution in [0.4, 0.5) is 4.39 Å². The number of rotatable bonds is 4. The summed E-state index contributed by atoms with van der Waals surface area (Å²) in [7, 11) is 1.80. The predicted molar refractivity (Wildman–Crippen MR) is 118 cm³/mol. The van der Waals surface area contributed by atoms with Crippen molar-refractivity contribution in [2.75, 3.05) is 26.7 Å². The molecule has 3 aromatic rings. The number of ether oxygens (including phenoxy) is 1. The summed E-state index contributed by atoms with van der Waals surface area (Å²) in [6.45, 7) is 4.24. The summed E-state index contributed by atoms with van der Waals surface area (Å²) in [5.41, 5.74) is 3.24. The highest BCUT2D eigenvalue weighted by molar-refractivity contribution is 5.82. The lowest BCUT2D eigenvalue weighted by atomic mass is 10.1. The SMILES string of the molecule is CN=C(NCCc1cccc2cccnc12)N1CC(C)OC(c2ccc(F)cc2)C1. The monoisotopic (exact) mass is 406 g/mol. The first-order valence-electron chi connectivity index (χ1n) is 10.3. The van der Waals surface area contributed by atoms with E-state index in [9.17, 15) is 4.39 Å². The van der Waals surface area contributed by atoms with Crippen molar-refractivity contribution in [3.63, 3.8) is 0 Å². The van der Waals surface area contributed by atoms with Crippen LogP contribution in [0.1, 0.15) is 24.2 Å². The second-order valence-electron chi connectivity index (χ2n) is 7.61. The van der Waals surface area contributed by atoms with Crippen LogP contribution >= 0.6 is 0 Å². The molecule has 2 aromatic carbocycles. The van der Waals surface area contributed by atoms with Crippen LogP contribution < -0.4 is 5.32 Å². The van der Waals surface area contributed by atoms with Crippen molar-refractivity contribution >= 4 is 16.9 Å². The van der Waals surface area contributed by atoms with Crippen molar-refractivity contribution in [2.45, 2.75) is 25.6 Å². The van der Waals surface area contributed by atoms with Gasteiger partial charge in [-0.2, -0.15) is 0 Å². The van der Waals surface area contributed by atoms with Gasteiger partial charge >= 0.3 is 0 Å². The third kappa shape index (κ3) is 4.60. The summed E-state index contributed by atoms with van der Waals surface area (Å²) < 4.78 is 19.4. The van der Waals surface area contributed by atoms with E-state index in [1.807, 2.05) is 12.3 Å². The van der Waals surface area contributed by atoms with Gasteiger partial charge in [0.25, 0.3) is 0 Å². The average Bonchev–Trinajstić information content (AvgIpc) is 2.77. The molecule has 156 valence electrons. The molecule has 2 unspecified atom stereocenters. The van der Waals surface area contributed by atoms with E-state index in [1.165, 1.54) is 17.7 Å². The zero-order chi connectivity index (χ0) is 20.9. The van der Waals surface area contributed by atoms with Gasteiger partial charge in [0, 0.05) is 31.7 Å². The number of hydrogen-bond donors (Lipinski definition) is 1. The number of para-hydroxylation sites is 1. The Kier molecular flexibility index (Phi) is 6.23. The molecule has 2 atom stereocenters. The van der Waals surface area contributed by atoms with E-state index < -0.39 is 0 Å². The van der Waals surface area contributed by atoms with Crippen LogP contribution in [-0.4, -0.2) is 48.6 Å². The van der Waals surface area contributed by atoms with Gasteiger partial charge in [0.15, 0.2) is 5.96 Å². The summed E-state index contributed by atoms with van der Waals surface area (Å²) in [6.07, 6.45) is 2.63. The number of pyridine rings is 1. The lowest BCUT2D eigenvalue weighted by Crippen LogP contribution is -2.51. The molecular formula is C24H27FN4O. The third-order valence-electron chi connectivity index (χ3n) is 5.41. The van der Waals surface area contributed by atoms with Crippen LogP contribution in [0.3, 0.4) is 0 Å². The number of hydrogen-bond acceptors (Lipinski definition) is 3. The molecular weight excluding hydrogens is 379 g/mol. The van der Waals surface area contributed by atoms with Crippen LogP contribution in [0, 0.1) is 5.82 Å². The Morgan fingerprint density at radius 2 is 1.97 bits per heavy atom. The summed E-state index contributed by atoms with van der Waals surface area (Å²) in [5.74, 6) is 0.616. The maximum atomic E-state index is 13.3. The standard InChI is InChI=1S/C24H27FN4O/c1-17-15-29(16-22(30-17)18-8-10-21(25)11-9-18)24(26-2)28-14-12-20-6-3-5-19-7-4-13-27-23(19)20/h3-11,13,17,22H,12,14-16H2,1-2H3,(H,26,28). The smallest absolute Gasteiger partial charge is 0.193 e. The zero-order valence-electron chi connectivity index (χ0n) is 17.4. The Labute approximate surface area is 176 Å². The van der Waals surface area contributed by atoms with Gasteiger partial charge in [-0.1, -0.05) is 36.4 Å². The number of aliphatic imine (C=N–C) groups is 1. The van der Waals surface area contributed by atoms with Crippen molar-refractivity contribution in [1.82, 2.24) is 15.2 Å². The quantitative estimate of drug-likeness (QED) is 0.526. The average molecular weight is 407 g/mol. The second-order valence-corrected chi connectivity index (χ2v) is 7.61. The van der Waals surface area contributed by atoms with Crippen molar-refractivity contribution in [3.05, 3.63) is 77.7 Å². The number of morpholine rings is 1. The molecule has 2 heterocycles. The van der Waals surface area contributed by atoms with Crippen LogP contribution in [0.2, 0.25) is 0 Å². The number of nitrogens with zero attached hydrogens (tertiary/aromatic N) is 3. The number of aromatic nitrogens is 1. The summed E-state index contributed by atoms with van der Waals surface area (Å²) in [4.78, 5) is 11.2. The number of halogens is 1. The molecule has 1 N–H and O–H groups in total. The maximum Gasteiger partial charge on any atom is 0.193 e. The molecule has 0 amide bonds. The van der Waals surface area contributed by atoms with Crippen molar-refractivity contribution in [1.29, 1.82) is 0 Å². The highest BCUT2D eigenvalue weighted by Crippen LogP contribution is 2.25. The molecule has 6 heteroatoms. The molecule has 0 spiro atoms. The second kappa shape index (κ2) is 9.22. The molecule has 1 saturated heterocycles. The zero-order valence-corrected chi connectivity index (χ0v) is 17.4. The summed E-state index contributed by atoms with van der Waals surface area (Å²) >= 11 is 0. The fourth-order valence-corrected chi connectivity index (χ4v) is 4.00. The third-order valence-corrected chi connectivity index (χ3v) is 5.41.